The first-order chi connectivity index (χ1) is 13.7. The van der Waals surface area contributed by atoms with Gasteiger partial charge in [-0.3, -0.25) is 0 Å². The zero-order valence-corrected chi connectivity index (χ0v) is 16.0. The van der Waals surface area contributed by atoms with E-state index in [1.807, 2.05) is 56.6 Å². The Morgan fingerprint density at radius 1 is 0.750 bits per heavy atom. The van der Waals surface area contributed by atoms with Crippen molar-refractivity contribution < 1.29 is 4.42 Å². The molecule has 0 spiro atoms. The predicted molar refractivity (Wildman–Crippen MR) is 118 cm³/mol. The fraction of sp³-hybridized carbons (Fsp3) is 0.0800. The van der Waals surface area contributed by atoms with Crippen LogP contribution in [0.15, 0.2) is 89.4 Å². The molecule has 3 heteroatoms. The molecular formula is C25H22N2O. The average molecular weight is 366 g/mol. The van der Waals surface area contributed by atoms with E-state index in [0.29, 0.717) is 5.89 Å². The molecule has 4 aromatic rings. The summed E-state index contributed by atoms with van der Waals surface area (Å²) in [5.41, 5.74) is 6.18. The van der Waals surface area contributed by atoms with Crippen molar-refractivity contribution in [3.8, 4) is 11.5 Å². The summed E-state index contributed by atoms with van der Waals surface area (Å²) in [5.74, 6) is 0.651. The Labute approximate surface area is 165 Å². The minimum Gasteiger partial charge on any atom is -0.436 e. The predicted octanol–water partition coefficient (Wildman–Crippen LogP) is 6.29. The molecule has 0 aliphatic heterocycles. The Bertz CT molecular complexity index is 1080. The molecule has 0 saturated heterocycles. The topological polar surface area (TPSA) is 29.3 Å². The Morgan fingerprint density at radius 2 is 1.36 bits per heavy atom. The molecule has 4 rings (SSSR count). The number of hydrogen-bond donors (Lipinski definition) is 0. The van der Waals surface area contributed by atoms with E-state index in [4.69, 9.17) is 4.42 Å². The molecule has 0 N–H and O–H groups in total. The summed E-state index contributed by atoms with van der Waals surface area (Å²) in [7, 11) is 4.09. The molecule has 0 amide bonds. The van der Waals surface area contributed by atoms with E-state index in [-0.39, 0.29) is 0 Å². The standard InChI is InChI=1S/C25H22N2O/c1-27(2)22-17-13-20(14-18-22)8-4-3-7-19-11-15-21(16-12-19)25-26-23-9-5-6-10-24(23)28-25/h3-18H,1-2H3/b7-3+,8-4+. The molecule has 28 heavy (non-hydrogen) atoms. The van der Waals surface area contributed by atoms with Gasteiger partial charge in [-0.2, -0.15) is 0 Å². The quantitative estimate of drug-likeness (QED) is 0.389. The molecule has 0 bridgehead atoms. The normalized spacial score (nSPS) is 11.6. The molecule has 0 aliphatic carbocycles. The first kappa shape index (κ1) is 17.8. The molecule has 1 aromatic heterocycles. The molecule has 0 aliphatic rings. The highest BCUT2D eigenvalue weighted by molar-refractivity contribution is 5.76. The molecular weight excluding hydrogens is 344 g/mol. The van der Waals surface area contributed by atoms with Crippen molar-refractivity contribution in [3.63, 3.8) is 0 Å². The van der Waals surface area contributed by atoms with E-state index in [1.54, 1.807) is 0 Å². The van der Waals surface area contributed by atoms with Gasteiger partial charge in [0.25, 0.3) is 0 Å². The van der Waals surface area contributed by atoms with E-state index < -0.39 is 0 Å². The third-order valence-electron chi connectivity index (χ3n) is 4.55. The number of hydrogen-bond acceptors (Lipinski definition) is 3. The molecule has 138 valence electrons. The van der Waals surface area contributed by atoms with Crippen LogP contribution in [0.2, 0.25) is 0 Å². The van der Waals surface area contributed by atoms with Crippen molar-refractivity contribution in [2.45, 2.75) is 0 Å². The van der Waals surface area contributed by atoms with E-state index in [2.05, 4.69) is 64.5 Å². The van der Waals surface area contributed by atoms with E-state index in [1.165, 1.54) is 11.3 Å². The second kappa shape index (κ2) is 7.97. The van der Waals surface area contributed by atoms with Gasteiger partial charge in [0.1, 0.15) is 5.52 Å². The second-order valence-electron chi connectivity index (χ2n) is 6.81. The summed E-state index contributed by atoms with van der Waals surface area (Å²) in [4.78, 5) is 6.63. The number of nitrogens with zero attached hydrogens (tertiary/aromatic N) is 2. The van der Waals surface area contributed by atoms with Crippen molar-refractivity contribution >= 4 is 28.9 Å². The molecule has 0 atom stereocenters. The lowest BCUT2D eigenvalue weighted by Gasteiger charge is -2.11. The molecule has 0 radical (unpaired) electrons. The van der Waals surface area contributed by atoms with Crippen LogP contribution < -0.4 is 4.90 Å². The number of fused-ring (bicyclic) bond motifs is 1. The van der Waals surface area contributed by atoms with Gasteiger partial charge in [0.2, 0.25) is 5.89 Å². The Morgan fingerprint density at radius 3 is 1.96 bits per heavy atom. The number of rotatable bonds is 5. The smallest absolute Gasteiger partial charge is 0.227 e. The van der Waals surface area contributed by atoms with Gasteiger partial charge in [-0.1, -0.05) is 60.7 Å². The maximum atomic E-state index is 5.82. The monoisotopic (exact) mass is 366 g/mol. The molecule has 3 nitrogen and oxygen atoms in total. The summed E-state index contributed by atoms with van der Waals surface area (Å²) in [6, 6.07) is 24.5. The first-order valence-corrected chi connectivity index (χ1v) is 9.27. The van der Waals surface area contributed by atoms with Crippen molar-refractivity contribution in [2.24, 2.45) is 0 Å². The van der Waals surface area contributed by atoms with Crippen LogP contribution >= 0.6 is 0 Å². The SMILES string of the molecule is CN(C)c1ccc(/C=C/C=C/c2ccc(-c3nc4ccccc4o3)cc2)cc1. The van der Waals surface area contributed by atoms with Gasteiger partial charge in [0.15, 0.2) is 5.58 Å². The van der Waals surface area contributed by atoms with Crippen LogP contribution in [-0.2, 0) is 0 Å². The van der Waals surface area contributed by atoms with Gasteiger partial charge >= 0.3 is 0 Å². The summed E-state index contributed by atoms with van der Waals surface area (Å²) in [6.45, 7) is 0. The maximum absolute atomic E-state index is 5.82. The van der Waals surface area contributed by atoms with Crippen LogP contribution in [0.1, 0.15) is 11.1 Å². The van der Waals surface area contributed by atoms with Gasteiger partial charge < -0.3 is 9.32 Å². The highest BCUT2D eigenvalue weighted by Crippen LogP contribution is 2.24. The minimum absolute atomic E-state index is 0.651. The van der Waals surface area contributed by atoms with Crippen LogP contribution in [-0.4, -0.2) is 19.1 Å². The maximum Gasteiger partial charge on any atom is 0.227 e. The molecule has 0 saturated carbocycles. The number of allylic oxidation sites excluding steroid dienone is 2. The van der Waals surface area contributed by atoms with Gasteiger partial charge in [0, 0.05) is 25.3 Å². The zero-order chi connectivity index (χ0) is 19.3. The minimum atomic E-state index is 0.651. The van der Waals surface area contributed by atoms with Gasteiger partial charge in [0.05, 0.1) is 0 Å². The van der Waals surface area contributed by atoms with Gasteiger partial charge in [-0.05, 0) is 47.5 Å². The Balaban J connectivity index is 1.42. The third-order valence-corrected chi connectivity index (χ3v) is 4.55. The zero-order valence-electron chi connectivity index (χ0n) is 16.0. The Kier molecular flexibility index (Phi) is 5.07. The Hall–Kier alpha value is -3.59. The summed E-state index contributed by atoms with van der Waals surface area (Å²) in [6.07, 6.45) is 8.29. The summed E-state index contributed by atoms with van der Waals surface area (Å²) in [5, 5.41) is 0. The fourth-order valence-electron chi connectivity index (χ4n) is 2.95. The lowest BCUT2D eigenvalue weighted by Crippen LogP contribution is -2.07. The fourth-order valence-corrected chi connectivity index (χ4v) is 2.95. The van der Waals surface area contributed by atoms with Crippen LogP contribution in [0.5, 0.6) is 0 Å². The van der Waals surface area contributed by atoms with E-state index >= 15 is 0 Å². The third kappa shape index (κ3) is 4.04. The van der Waals surface area contributed by atoms with Crippen molar-refractivity contribution in [3.05, 3.63) is 96.1 Å². The molecule has 1 heterocycles. The summed E-state index contributed by atoms with van der Waals surface area (Å²) < 4.78 is 5.82. The largest absolute Gasteiger partial charge is 0.436 e. The van der Waals surface area contributed by atoms with Crippen molar-refractivity contribution in [1.29, 1.82) is 0 Å². The molecule has 0 fully saturated rings. The van der Waals surface area contributed by atoms with Crippen LogP contribution in [0.4, 0.5) is 5.69 Å². The number of oxazole rings is 1. The van der Waals surface area contributed by atoms with Crippen molar-refractivity contribution in [2.75, 3.05) is 19.0 Å². The van der Waals surface area contributed by atoms with Crippen LogP contribution in [0.3, 0.4) is 0 Å². The highest BCUT2D eigenvalue weighted by Gasteiger charge is 2.06. The number of aromatic nitrogens is 1. The van der Waals surface area contributed by atoms with E-state index in [0.717, 1.165) is 22.2 Å². The number of anilines is 1. The van der Waals surface area contributed by atoms with Gasteiger partial charge in [-0.25, -0.2) is 4.98 Å². The lowest BCUT2D eigenvalue weighted by atomic mass is 10.1. The van der Waals surface area contributed by atoms with Crippen molar-refractivity contribution in [1.82, 2.24) is 4.98 Å². The molecule has 0 unspecified atom stereocenters. The molecule has 3 aromatic carbocycles. The second-order valence-corrected chi connectivity index (χ2v) is 6.81. The highest BCUT2D eigenvalue weighted by atomic mass is 16.3. The van der Waals surface area contributed by atoms with Gasteiger partial charge in [-0.15, -0.1) is 0 Å². The number of benzene rings is 3. The van der Waals surface area contributed by atoms with Crippen LogP contribution in [0, 0.1) is 0 Å². The lowest BCUT2D eigenvalue weighted by molar-refractivity contribution is 0.620. The van der Waals surface area contributed by atoms with Crippen LogP contribution in [0.25, 0.3) is 34.7 Å². The van der Waals surface area contributed by atoms with E-state index in [9.17, 15) is 0 Å². The summed E-state index contributed by atoms with van der Waals surface area (Å²) >= 11 is 0. The first-order valence-electron chi connectivity index (χ1n) is 9.27. The average Bonchev–Trinajstić information content (AvgIpc) is 3.16. The number of para-hydroxylation sites is 2.